The fourth-order valence-electron chi connectivity index (χ4n) is 3.59. The lowest BCUT2D eigenvalue weighted by molar-refractivity contribution is 0.0644. The van der Waals surface area contributed by atoms with Gasteiger partial charge in [-0.3, -0.25) is 9.48 Å². The summed E-state index contributed by atoms with van der Waals surface area (Å²) in [5, 5.41) is 8.68. The first-order chi connectivity index (χ1) is 13.5. The highest BCUT2D eigenvalue weighted by atomic mass is 35.5. The number of rotatable bonds is 3. The second-order valence-corrected chi connectivity index (χ2v) is 7.39. The summed E-state index contributed by atoms with van der Waals surface area (Å²) in [4.78, 5) is 14.9. The molecule has 4 rings (SSSR count). The van der Waals surface area contributed by atoms with E-state index in [9.17, 15) is 9.18 Å². The zero-order chi connectivity index (χ0) is 19.7. The molecular weight excluding hydrogens is 383 g/mol. The molecular formula is C20H20ClFN4O2. The van der Waals surface area contributed by atoms with E-state index in [0.29, 0.717) is 23.0 Å². The Morgan fingerprint density at radius 3 is 2.75 bits per heavy atom. The number of likely N-dealkylation sites (tertiary alicyclic amines) is 1. The number of hydrogen-bond donors (Lipinski definition) is 0. The zero-order valence-corrected chi connectivity index (χ0v) is 16.2. The molecule has 8 heteroatoms. The van der Waals surface area contributed by atoms with Crippen molar-refractivity contribution >= 4 is 17.5 Å². The van der Waals surface area contributed by atoms with Crippen molar-refractivity contribution < 1.29 is 13.7 Å². The van der Waals surface area contributed by atoms with Crippen molar-refractivity contribution in [3.8, 4) is 11.3 Å². The zero-order valence-electron chi connectivity index (χ0n) is 15.4. The van der Waals surface area contributed by atoms with Crippen LogP contribution in [0.5, 0.6) is 0 Å². The third kappa shape index (κ3) is 3.67. The molecule has 1 amide bonds. The van der Waals surface area contributed by atoms with Gasteiger partial charge in [0.15, 0.2) is 11.5 Å². The van der Waals surface area contributed by atoms with E-state index in [-0.39, 0.29) is 23.5 Å². The Bertz CT molecular complexity index is 983. The van der Waals surface area contributed by atoms with Crippen LogP contribution in [-0.4, -0.2) is 32.3 Å². The van der Waals surface area contributed by atoms with Gasteiger partial charge in [-0.05, 0) is 37.1 Å². The molecule has 0 aliphatic carbocycles. The van der Waals surface area contributed by atoms with E-state index in [1.54, 1.807) is 30.3 Å². The fourth-order valence-corrected chi connectivity index (χ4v) is 3.85. The molecule has 3 heterocycles. The Morgan fingerprint density at radius 2 is 2.04 bits per heavy atom. The first-order valence-corrected chi connectivity index (χ1v) is 9.63. The fraction of sp³-hybridized carbons (Fsp3) is 0.350. The van der Waals surface area contributed by atoms with Crippen LogP contribution in [0.3, 0.4) is 0 Å². The molecule has 0 saturated carbocycles. The summed E-state index contributed by atoms with van der Waals surface area (Å²) in [5.74, 6) is 0.0964. The molecule has 1 aliphatic rings. The van der Waals surface area contributed by atoms with Gasteiger partial charge in [-0.15, -0.1) is 0 Å². The van der Waals surface area contributed by atoms with E-state index in [1.165, 1.54) is 16.8 Å². The molecule has 0 N–H and O–H groups in total. The van der Waals surface area contributed by atoms with Gasteiger partial charge in [-0.25, -0.2) is 4.39 Å². The summed E-state index contributed by atoms with van der Waals surface area (Å²) >= 11 is 6.19. The maximum atomic E-state index is 13.2. The maximum Gasteiger partial charge on any atom is 0.276 e. The van der Waals surface area contributed by atoms with E-state index >= 15 is 0 Å². The predicted molar refractivity (Wildman–Crippen MR) is 102 cm³/mol. The van der Waals surface area contributed by atoms with Gasteiger partial charge in [-0.2, -0.15) is 5.10 Å². The summed E-state index contributed by atoms with van der Waals surface area (Å²) in [6, 6.07) is 7.66. The average molecular weight is 403 g/mol. The summed E-state index contributed by atoms with van der Waals surface area (Å²) in [5.41, 5.74) is 1.62. The molecule has 0 bridgehead atoms. The smallest absolute Gasteiger partial charge is 0.276 e. The van der Waals surface area contributed by atoms with Crippen LogP contribution in [-0.2, 0) is 7.05 Å². The van der Waals surface area contributed by atoms with Gasteiger partial charge in [0.05, 0.1) is 11.1 Å². The van der Waals surface area contributed by atoms with Gasteiger partial charge in [0.25, 0.3) is 5.91 Å². The first-order valence-electron chi connectivity index (χ1n) is 9.25. The lowest BCUT2D eigenvalue weighted by Gasteiger charge is -2.27. The minimum atomic E-state index is -0.305. The molecule has 2 aromatic heterocycles. The van der Waals surface area contributed by atoms with Crippen LogP contribution in [0, 0.1) is 5.82 Å². The van der Waals surface area contributed by atoms with Gasteiger partial charge in [0.1, 0.15) is 11.5 Å². The monoisotopic (exact) mass is 402 g/mol. The van der Waals surface area contributed by atoms with Crippen LogP contribution in [0.1, 0.15) is 48.0 Å². The van der Waals surface area contributed by atoms with Crippen molar-refractivity contribution in [2.75, 3.05) is 6.54 Å². The number of amides is 1. The van der Waals surface area contributed by atoms with Gasteiger partial charge in [0.2, 0.25) is 0 Å². The molecule has 0 radical (unpaired) electrons. The van der Waals surface area contributed by atoms with Crippen LogP contribution >= 0.6 is 11.6 Å². The SMILES string of the molecule is Cn1cc(Cl)c(C(=O)N2CCCCC[C@H]2c2cc(-c3ccc(F)cc3)no2)n1. The maximum absolute atomic E-state index is 13.2. The van der Waals surface area contributed by atoms with Crippen LogP contribution in [0.4, 0.5) is 4.39 Å². The molecule has 1 aliphatic heterocycles. The molecule has 1 saturated heterocycles. The third-order valence-corrected chi connectivity index (χ3v) is 5.27. The number of hydrogen-bond acceptors (Lipinski definition) is 4. The Labute approximate surface area is 166 Å². The molecule has 3 aromatic rings. The summed E-state index contributed by atoms with van der Waals surface area (Å²) in [7, 11) is 1.73. The lowest BCUT2D eigenvalue weighted by atomic mass is 10.1. The summed E-state index contributed by atoms with van der Waals surface area (Å²) < 4.78 is 20.3. The number of halogens is 2. The van der Waals surface area contributed by atoms with E-state index in [1.807, 2.05) is 6.07 Å². The van der Waals surface area contributed by atoms with E-state index in [4.69, 9.17) is 16.1 Å². The third-order valence-electron chi connectivity index (χ3n) is 5.00. The first kappa shape index (κ1) is 18.7. The van der Waals surface area contributed by atoms with Crippen LogP contribution in [0.15, 0.2) is 41.1 Å². The standard InChI is InChI=1S/C20H20ClFN4O2/c1-25-12-15(21)19(23-25)20(27)26-10-4-2-3-5-17(26)18-11-16(24-28-18)13-6-8-14(22)9-7-13/h6-9,11-12,17H,2-5,10H2,1H3/t17-/m0/s1. The van der Waals surface area contributed by atoms with Crippen molar-refractivity contribution in [1.82, 2.24) is 19.8 Å². The van der Waals surface area contributed by atoms with Gasteiger partial charge in [-0.1, -0.05) is 29.6 Å². The molecule has 146 valence electrons. The summed E-state index contributed by atoms with van der Waals surface area (Å²) in [6.45, 7) is 0.600. The van der Waals surface area contributed by atoms with E-state index in [0.717, 1.165) is 31.2 Å². The molecule has 6 nitrogen and oxygen atoms in total. The summed E-state index contributed by atoms with van der Waals surface area (Å²) in [6.07, 6.45) is 5.31. The Kier molecular flexibility index (Phi) is 5.17. The Balaban J connectivity index is 1.65. The second-order valence-electron chi connectivity index (χ2n) is 6.98. The van der Waals surface area contributed by atoms with Crippen molar-refractivity contribution in [2.24, 2.45) is 7.05 Å². The highest BCUT2D eigenvalue weighted by Gasteiger charge is 2.32. The highest BCUT2D eigenvalue weighted by molar-refractivity contribution is 6.33. The quantitative estimate of drug-likeness (QED) is 0.641. The van der Waals surface area contributed by atoms with Crippen molar-refractivity contribution in [3.63, 3.8) is 0 Å². The Hall–Kier alpha value is -2.67. The van der Waals surface area contributed by atoms with Crippen molar-refractivity contribution in [3.05, 3.63) is 58.8 Å². The van der Waals surface area contributed by atoms with Gasteiger partial charge >= 0.3 is 0 Å². The largest absolute Gasteiger partial charge is 0.359 e. The second kappa shape index (κ2) is 7.75. The van der Waals surface area contributed by atoms with Crippen molar-refractivity contribution in [1.29, 1.82) is 0 Å². The average Bonchev–Trinajstić information content (AvgIpc) is 3.20. The van der Waals surface area contributed by atoms with Crippen LogP contribution in [0.2, 0.25) is 5.02 Å². The topological polar surface area (TPSA) is 64.2 Å². The highest BCUT2D eigenvalue weighted by Crippen LogP contribution is 2.34. The molecule has 0 spiro atoms. The van der Waals surface area contributed by atoms with Gasteiger partial charge < -0.3 is 9.42 Å². The Morgan fingerprint density at radius 1 is 1.25 bits per heavy atom. The minimum absolute atomic E-state index is 0.211. The normalized spacial score (nSPS) is 17.5. The molecule has 1 atom stereocenters. The number of carbonyl (C=O) groups is 1. The van der Waals surface area contributed by atoms with E-state index < -0.39 is 0 Å². The molecule has 0 unspecified atom stereocenters. The van der Waals surface area contributed by atoms with Crippen molar-refractivity contribution in [2.45, 2.75) is 31.7 Å². The number of aromatic nitrogens is 3. The van der Waals surface area contributed by atoms with Crippen LogP contribution in [0.25, 0.3) is 11.3 Å². The van der Waals surface area contributed by atoms with Gasteiger partial charge in [0, 0.05) is 31.4 Å². The molecule has 1 aromatic carbocycles. The van der Waals surface area contributed by atoms with Crippen LogP contribution < -0.4 is 0 Å². The minimum Gasteiger partial charge on any atom is -0.359 e. The number of carbonyl (C=O) groups excluding carboxylic acids is 1. The number of aryl methyl sites for hydroxylation is 1. The predicted octanol–water partition coefficient (Wildman–Crippen LogP) is 4.63. The number of nitrogens with zero attached hydrogens (tertiary/aromatic N) is 4. The number of benzene rings is 1. The molecule has 28 heavy (non-hydrogen) atoms. The lowest BCUT2D eigenvalue weighted by Crippen LogP contribution is -2.35. The van der Waals surface area contributed by atoms with E-state index in [2.05, 4.69) is 10.3 Å². The molecule has 1 fully saturated rings.